The molecule has 1 atom stereocenters. The summed E-state index contributed by atoms with van der Waals surface area (Å²) in [7, 11) is 0. The second-order valence-electron chi connectivity index (χ2n) is 6.92. The zero-order valence-electron chi connectivity index (χ0n) is 16.5. The Morgan fingerprint density at radius 2 is 1.94 bits per heavy atom. The van der Waals surface area contributed by atoms with Crippen LogP contribution in [0.4, 0.5) is 8.78 Å². The molecule has 1 amide bonds. The Bertz CT molecular complexity index is 1160. The lowest BCUT2D eigenvalue weighted by molar-refractivity contribution is -0.123. The summed E-state index contributed by atoms with van der Waals surface area (Å²) >= 11 is 5.35. The van der Waals surface area contributed by atoms with Gasteiger partial charge in [-0.1, -0.05) is 30.3 Å². The number of amides is 1. The number of nitrogens with zero attached hydrogens (tertiary/aromatic N) is 1. The zero-order chi connectivity index (χ0) is 22.0. The first kappa shape index (κ1) is 20.7. The molecule has 1 aromatic heterocycles. The number of benzene rings is 2. The van der Waals surface area contributed by atoms with E-state index in [1.165, 1.54) is 11.0 Å². The molecule has 0 saturated carbocycles. The molecule has 0 aliphatic carbocycles. The Labute approximate surface area is 182 Å². The van der Waals surface area contributed by atoms with Crippen molar-refractivity contribution in [3.8, 4) is 5.75 Å². The van der Waals surface area contributed by atoms with Gasteiger partial charge >= 0.3 is 0 Å². The average Bonchev–Trinajstić information content (AvgIpc) is 3.31. The predicted octanol–water partition coefficient (Wildman–Crippen LogP) is 4.96. The van der Waals surface area contributed by atoms with Gasteiger partial charge in [0.15, 0.2) is 16.7 Å². The SMILES string of the molecule is CC(c1ccccc1)N1C(=O)/C(=C/c2ccc(COc3ccc(F)cc3F)o2)NC1=S. The maximum absolute atomic E-state index is 13.7. The van der Waals surface area contributed by atoms with Crippen LogP contribution < -0.4 is 10.1 Å². The lowest BCUT2D eigenvalue weighted by Crippen LogP contribution is -2.33. The summed E-state index contributed by atoms with van der Waals surface area (Å²) in [6.07, 6.45) is 1.55. The molecule has 8 heteroatoms. The number of thiocarbonyl (C=S) groups is 1. The van der Waals surface area contributed by atoms with Gasteiger partial charge < -0.3 is 14.5 Å². The van der Waals surface area contributed by atoms with Gasteiger partial charge in [0.05, 0.1) is 6.04 Å². The Balaban J connectivity index is 1.45. The molecule has 31 heavy (non-hydrogen) atoms. The Hall–Kier alpha value is -3.52. The van der Waals surface area contributed by atoms with Crippen LogP contribution in [0.1, 0.15) is 30.0 Å². The topological polar surface area (TPSA) is 54.7 Å². The minimum Gasteiger partial charge on any atom is -0.483 e. The standard InChI is InChI=1S/C23H18F2N2O3S/c1-14(15-5-3-2-4-6-15)27-22(28)20(26-23(27)31)12-17-8-9-18(30-17)13-29-21-10-7-16(24)11-19(21)25/h2-12,14H,13H2,1H3,(H,26,31)/b20-12-. The third-order valence-corrected chi connectivity index (χ3v) is 5.11. The first-order chi connectivity index (χ1) is 14.9. The summed E-state index contributed by atoms with van der Waals surface area (Å²) in [5.41, 5.74) is 1.26. The number of hydrogen-bond donors (Lipinski definition) is 1. The monoisotopic (exact) mass is 440 g/mol. The molecule has 1 aliphatic rings. The van der Waals surface area contributed by atoms with Gasteiger partial charge in [0.1, 0.15) is 29.6 Å². The van der Waals surface area contributed by atoms with Crippen molar-refractivity contribution in [1.82, 2.24) is 10.2 Å². The van der Waals surface area contributed by atoms with E-state index in [1.807, 2.05) is 37.3 Å². The van der Waals surface area contributed by atoms with E-state index in [4.69, 9.17) is 21.4 Å². The van der Waals surface area contributed by atoms with Gasteiger partial charge in [0, 0.05) is 12.1 Å². The number of carbonyl (C=O) groups excluding carboxylic acids is 1. The summed E-state index contributed by atoms with van der Waals surface area (Å²) in [5.74, 6) is -0.996. The number of hydrogen-bond acceptors (Lipinski definition) is 4. The van der Waals surface area contributed by atoms with Crippen LogP contribution in [0.15, 0.2) is 70.8 Å². The molecule has 4 rings (SSSR count). The van der Waals surface area contributed by atoms with Crippen LogP contribution in [0.25, 0.3) is 6.08 Å². The maximum Gasteiger partial charge on any atom is 0.277 e. The fourth-order valence-electron chi connectivity index (χ4n) is 3.21. The molecule has 1 aliphatic heterocycles. The van der Waals surface area contributed by atoms with Crippen LogP contribution >= 0.6 is 12.2 Å². The Morgan fingerprint density at radius 1 is 1.16 bits per heavy atom. The quantitative estimate of drug-likeness (QED) is 0.434. The highest BCUT2D eigenvalue weighted by Gasteiger charge is 2.35. The summed E-state index contributed by atoms with van der Waals surface area (Å²) < 4.78 is 37.6. The number of nitrogens with one attached hydrogen (secondary N) is 1. The van der Waals surface area contributed by atoms with E-state index in [0.717, 1.165) is 17.7 Å². The van der Waals surface area contributed by atoms with E-state index in [1.54, 1.807) is 18.2 Å². The van der Waals surface area contributed by atoms with Crippen molar-refractivity contribution in [3.05, 3.63) is 95.1 Å². The molecule has 158 valence electrons. The smallest absolute Gasteiger partial charge is 0.277 e. The van der Waals surface area contributed by atoms with E-state index in [-0.39, 0.29) is 24.3 Å². The van der Waals surface area contributed by atoms with Gasteiger partial charge in [-0.3, -0.25) is 9.69 Å². The van der Waals surface area contributed by atoms with Gasteiger partial charge in [0.2, 0.25) is 0 Å². The van der Waals surface area contributed by atoms with E-state index < -0.39 is 11.6 Å². The van der Waals surface area contributed by atoms with Crippen LogP contribution in [0, 0.1) is 11.6 Å². The van der Waals surface area contributed by atoms with E-state index >= 15 is 0 Å². The third-order valence-electron chi connectivity index (χ3n) is 4.81. The van der Waals surface area contributed by atoms with Gasteiger partial charge in [-0.25, -0.2) is 8.78 Å². The molecule has 2 aromatic carbocycles. The van der Waals surface area contributed by atoms with Crippen LogP contribution in [-0.2, 0) is 11.4 Å². The number of furan rings is 1. The zero-order valence-corrected chi connectivity index (χ0v) is 17.3. The lowest BCUT2D eigenvalue weighted by atomic mass is 10.1. The number of halogens is 2. The maximum atomic E-state index is 13.7. The minimum absolute atomic E-state index is 0.0529. The predicted molar refractivity (Wildman–Crippen MR) is 115 cm³/mol. The Morgan fingerprint density at radius 3 is 2.68 bits per heavy atom. The molecule has 2 heterocycles. The highest BCUT2D eigenvalue weighted by Crippen LogP contribution is 2.26. The molecule has 0 bridgehead atoms. The molecule has 1 unspecified atom stereocenters. The summed E-state index contributed by atoms with van der Waals surface area (Å²) in [5, 5.41) is 3.24. The lowest BCUT2D eigenvalue weighted by Gasteiger charge is -2.23. The average molecular weight is 440 g/mol. The van der Waals surface area contributed by atoms with Crippen molar-refractivity contribution < 1.29 is 22.7 Å². The van der Waals surface area contributed by atoms with E-state index in [9.17, 15) is 13.6 Å². The van der Waals surface area contributed by atoms with Gasteiger partial charge in [0.25, 0.3) is 5.91 Å². The minimum atomic E-state index is -0.796. The number of rotatable bonds is 6. The Kier molecular flexibility index (Phi) is 5.81. The largest absolute Gasteiger partial charge is 0.483 e. The van der Waals surface area contributed by atoms with E-state index in [0.29, 0.717) is 22.3 Å². The molecule has 1 fully saturated rings. The number of ether oxygens (including phenoxy) is 1. The fraction of sp³-hybridized carbons (Fsp3) is 0.130. The molecule has 3 aromatic rings. The molecule has 0 spiro atoms. The highest BCUT2D eigenvalue weighted by atomic mass is 32.1. The van der Waals surface area contributed by atoms with Crippen molar-refractivity contribution >= 4 is 29.3 Å². The third kappa shape index (κ3) is 4.49. The van der Waals surface area contributed by atoms with Crippen LogP contribution in [-0.4, -0.2) is 15.9 Å². The fourth-order valence-corrected chi connectivity index (χ4v) is 3.57. The van der Waals surface area contributed by atoms with Crippen LogP contribution in [0.5, 0.6) is 5.75 Å². The molecule has 1 saturated heterocycles. The molecular weight excluding hydrogens is 422 g/mol. The van der Waals surface area contributed by atoms with Crippen LogP contribution in [0.3, 0.4) is 0 Å². The first-order valence-electron chi connectivity index (χ1n) is 9.50. The van der Waals surface area contributed by atoms with Crippen molar-refractivity contribution in [1.29, 1.82) is 0 Å². The van der Waals surface area contributed by atoms with Crippen LogP contribution in [0.2, 0.25) is 0 Å². The van der Waals surface area contributed by atoms with Gasteiger partial charge in [-0.15, -0.1) is 0 Å². The van der Waals surface area contributed by atoms with E-state index in [2.05, 4.69) is 5.32 Å². The van der Waals surface area contributed by atoms with Crippen molar-refractivity contribution in [3.63, 3.8) is 0 Å². The molecular formula is C23H18F2N2O3S. The summed E-state index contributed by atoms with van der Waals surface area (Å²) in [4.78, 5) is 14.4. The van der Waals surface area contributed by atoms with Crippen molar-refractivity contribution in [2.45, 2.75) is 19.6 Å². The second-order valence-corrected chi connectivity index (χ2v) is 7.30. The molecule has 1 N–H and O–H groups in total. The van der Waals surface area contributed by atoms with Crippen molar-refractivity contribution in [2.75, 3.05) is 0 Å². The molecule has 5 nitrogen and oxygen atoms in total. The second kappa shape index (κ2) is 8.69. The van der Waals surface area contributed by atoms with Crippen molar-refractivity contribution in [2.24, 2.45) is 0 Å². The first-order valence-corrected chi connectivity index (χ1v) is 9.91. The molecule has 0 radical (unpaired) electrons. The summed E-state index contributed by atoms with van der Waals surface area (Å²) in [6.45, 7) is 1.85. The normalized spacial score (nSPS) is 16.0. The number of carbonyl (C=O) groups is 1. The summed E-state index contributed by atoms with van der Waals surface area (Å²) in [6, 6.07) is 15.7. The van der Waals surface area contributed by atoms with Gasteiger partial charge in [-0.05, 0) is 49.0 Å². The highest BCUT2D eigenvalue weighted by molar-refractivity contribution is 7.80. The van der Waals surface area contributed by atoms with Gasteiger partial charge in [-0.2, -0.15) is 0 Å².